The molecule has 1 aromatic rings. The molecule has 0 aliphatic carbocycles. The van der Waals surface area contributed by atoms with E-state index in [-0.39, 0.29) is 5.91 Å². The van der Waals surface area contributed by atoms with Crippen molar-refractivity contribution in [2.75, 3.05) is 39.8 Å². The van der Waals surface area contributed by atoms with Crippen LogP contribution in [0.25, 0.3) is 0 Å². The van der Waals surface area contributed by atoms with E-state index in [1.54, 1.807) is 7.05 Å². The zero-order valence-electron chi connectivity index (χ0n) is 16.3. The van der Waals surface area contributed by atoms with Crippen LogP contribution in [0.5, 0.6) is 5.75 Å². The van der Waals surface area contributed by atoms with Gasteiger partial charge in [0.15, 0.2) is 5.96 Å². The largest absolute Gasteiger partial charge is 0.492 e. The Hall–Kier alpha value is -2.24. The summed E-state index contributed by atoms with van der Waals surface area (Å²) < 4.78 is 5.75. The summed E-state index contributed by atoms with van der Waals surface area (Å²) in [4.78, 5) is 18.5. The Morgan fingerprint density at radius 2 is 1.96 bits per heavy atom. The fourth-order valence-electron chi connectivity index (χ4n) is 3.09. The van der Waals surface area contributed by atoms with Gasteiger partial charge in [-0.15, -0.1) is 0 Å². The number of amides is 1. The fourth-order valence-corrected chi connectivity index (χ4v) is 3.09. The molecule has 0 spiro atoms. The Morgan fingerprint density at radius 1 is 1.27 bits per heavy atom. The van der Waals surface area contributed by atoms with Gasteiger partial charge in [0.05, 0.1) is 6.54 Å². The van der Waals surface area contributed by atoms with E-state index in [0.29, 0.717) is 25.5 Å². The molecule has 0 saturated carbocycles. The van der Waals surface area contributed by atoms with E-state index in [4.69, 9.17) is 9.73 Å². The number of piperidine rings is 1. The van der Waals surface area contributed by atoms with E-state index in [2.05, 4.69) is 29.4 Å². The molecule has 2 N–H and O–H groups in total. The maximum Gasteiger partial charge on any atom is 0.220 e. The van der Waals surface area contributed by atoms with Crippen LogP contribution in [0.4, 0.5) is 0 Å². The molecular weight excluding hydrogens is 328 g/mol. The number of hydrogen-bond acceptors (Lipinski definition) is 3. The maximum absolute atomic E-state index is 11.5. The maximum atomic E-state index is 11.5. The summed E-state index contributed by atoms with van der Waals surface area (Å²) >= 11 is 0. The monoisotopic (exact) mass is 360 g/mol. The molecule has 6 heteroatoms. The van der Waals surface area contributed by atoms with E-state index in [9.17, 15) is 4.79 Å². The van der Waals surface area contributed by atoms with Gasteiger partial charge in [-0.1, -0.05) is 17.7 Å². The van der Waals surface area contributed by atoms with E-state index < -0.39 is 0 Å². The molecule has 1 amide bonds. The first-order valence-corrected chi connectivity index (χ1v) is 9.55. The summed E-state index contributed by atoms with van der Waals surface area (Å²) in [5, 5.41) is 6.08. The van der Waals surface area contributed by atoms with E-state index in [1.807, 2.05) is 24.3 Å². The topological polar surface area (TPSA) is 66.0 Å². The third-order valence-corrected chi connectivity index (χ3v) is 4.64. The van der Waals surface area contributed by atoms with Gasteiger partial charge in [0.2, 0.25) is 5.91 Å². The number of benzene rings is 1. The average molecular weight is 361 g/mol. The number of ether oxygens (including phenoxy) is 1. The van der Waals surface area contributed by atoms with Gasteiger partial charge in [0.1, 0.15) is 12.4 Å². The molecule has 6 nitrogen and oxygen atoms in total. The van der Waals surface area contributed by atoms with Crippen molar-refractivity contribution < 1.29 is 9.53 Å². The first kappa shape index (κ1) is 20.1. The third-order valence-electron chi connectivity index (χ3n) is 4.64. The molecule has 0 atom stereocenters. The summed E-state index contributed by atoms with van der Waals surface area (Å²) in [5.74, 6) is 2.43. The summed E-state index contributed by atoms with van der Waals surface area (Å²) in [6.45, 7) is 8.04. The number of aliphatic imine (C=N–C) groups is 1. The van der Waals surface area contributed by atoms with Gasteiger partial charge in [-0.25, -0.2) is 4.99 Å². The zero-order chi connectivity index (χ0) is 18.8. The van der Waals surface area contributed by atoms with Crippen LogP contribution in [0.1, 0.15) is 31.7 Å². The highest BCUT2D eigenvalue weighted by Gasteiger charge is 2.22. The van der Waals surface area contributed by atoms with Gasteiger partial charge in [0.25, 0.3) is 0 Å². The lowest BCUT2D eigenvalue weighted by atomic mass is 9.93. The van der Waals surface area contributed by atoms with Crippen LogP contribution in [0.15, 0.2) is 29.3 Å². The van der Waals surface area contributed by atoms with Gasteiger partial charge in [-0.3, -0.25) is 4.79 Å². The lowest BCUT2D eigenvalue weighted by Crippen LogP contribution is -2.46. The van der Waals surface area contributed by atoms with E-state index in [1.165, 1.54) is 5.56 Å². The van der Waals surface area contributed by atoms with E-state index >= 15 is 0 Å². The lowest BCUT2D eigenvalue weighted by molar-refractivity contribution is -0.121. The minimum absolute atomic E-state index is 0.136. The molecule has 1 saturated heterocycles. The van der Waals surface area contributed by atoms with Gasteiger partial charge in [0, 0.05) is 33.1 Å². The predicted octanol–water partition coefficient (Wildman–Crippen LogP) is 2.19. The summed E-state index contributed by atoms with van der Waals surface area (Å²) in [5.41, 5.74) is 1.23. The second kappa shape index (κ2) is 10.7. The highest BCUT2D eigenvalue weighted by atomic mass is 16.5. The molecule has 1 aromatic carbocycles. The van der Waals surface area contributed by atoms with Gasteiger partial charge < -0.3 is 20.3 Å². The van der Waals surface area contributed by atoms with Crippen molar-refractivity contribution in [2.24, 2.45) is 10.9 Å². The minimum atomic E-state index is 0.136. The second-order valence-corrected chi connectivity index (χ2v) is 6.70. The highest BCUT2D eigenvalue weighted by Crippen LogP contribution is 2.20. The third kappa shape index (κ3) is 6.58. The van der Waals surface area contributed by atoms with E-state index in [0.717, 1.165) is 44.2 Å². The van der Waals surface area contributed by atoms with Crippen LogP contribution >= 0.6 is 0 Å². The standard InChI is InChI=1S/C20H32N4O2/c1-4-22-20(23-11-14-26-18-7-5-16(2)6-8-18)24-12-9-17(10-13-24)15-19(25)21-3/h5-8,17H,4,9-15H2,1-3H3,(H,21,25)(H,22,23). The van der Waals surface area contributed by atoms with Crippen molar-refractivity contribution >= 4 is 11.9 Å². The molecule has 1 aliphatic rings. The zero-order valence-corrected chi connectivity index (χ0v) is 16.3. The Morgan fingerprint density at radius 3 is 2.58 bits per heavy atom. The van der Waals surface area contributed by atoms with Crippen LogP contribution in [-0.2, 0) is 4.79 Å². The molecule has 1 heterocycles. The highest BCUT2D eigenvalue weighted by molar-refractivity contribution is 5.80. The van der Waals surface area contributed by atoms with Crippen LogP contribution in [0.2, 0.25) is 0 Å². The molecule has 26 heavy (non-hydrogen) atoms. The van der Waals surface area contributed by atoms with Crippen molar-refractivity contribution in [1.82, 2.24) is 15.5 Å². The first-order chi connectivity index (χ1) is 12.6. The quantitative estimate of drug-likeness (QED) is 0.444. The molecule has 0 radical (unpaired) electrons. The molecule has 1 aliphatic heterocycles. The molecule has 0 aromatic heterocycles. The number of nitrogens with one attached hydrogen (secondary N) is 2. The molecule has 144 valence electrons. The Balaban J connectivity index is 1.79. The van der Waals surface area contributed by atoms with Crippen LogP contribution in [0, 0.1) is 12.8 Å². The van der Waals surface area contributed by atoms with Gasteiger partial charge in [-0.05, 0) is 44.7 Å². The van der Waals surface area contributed by atoms with Gasteiger partial charge in [-0.2, -0.15) is 0 Å². The van der Waals surface area contributed by atoms with Crippen molar-refractivity contribution in [3.8, 4) is 5.75 Å². The van der Waals surface area contributed by atoms with Crippen molar-refractivity contribution in [1.29, 1.82) is 0 Å². The van der Waals surface area contributed by atoms with Crippen molar-refractivity contribution in [3.05, 3.63) is 29.8 Å². The average Bonchev–Trinajstić information content (AvgIpc) is 2.66. The predicted molar refractivity (Wildman–Crippen MR) is 106 cm³/mol. The molecule has 0 unspecified atom stereocenters. The first-order valence-electron chi connectivity index (χ1n) is 9.55. The summed E-state index contributed by atoms with van der Waals surface area (Å²) in [6.07, 6.45) is 2.68. The smallest absolute Gasteiger partial charge is 0.220 e. The van der Waals surface area contributed by atoms with Crippen LogP contribution in [0.3, 0.4) is 0 Å². The number of guanidine groups is 1. The number of nitrogens with zero attached hydrogens (tertiary/aromatic N) is 2. The van der Waals surface area contributed by atoms with Crippen molar-refractivity contribution in [3.63, 3.8) is 0 Å². The number of carbonyl (C=O) groups is 1. The number of rotatable bonds is 7. The molecule has 1 fully saturated rings. The molecule has 0 bridgehead atoms. The second-order valence-electron chi connectivity index (χ2n) is 6.70. The summed E-state index contributed by atoms with van der Waals surface area (Å²) in [7, 11) is 1.70. The molecular formula is C20H32N4O2. The molecule has 2 rings (SSSR count). The summed E-state index contributed by atoms with van der Waals surface area (Å²) in [6, 6.07) is 8.07. The fraction of sp³-hybridized carbons (Fsp3) is 0.600. The van der Waals surface area contributed by atoms with Crippen LogP contribution in [-0.4, -0.2) is 56.6 Å². The SMILES string of the molecule is CCNC(=NCCOc1ccc(C)cc1)N1CCC(CC(=O)NC)CC1. The van der Waals surface area contributed by atoms with Crippen LogP contribution < -0.4 is 15.4 Å². The normalized spacial score (nSPS) is 15.7. The number of aryl methyl sites for hydroxylation is 1. The number of likely N-dealkylation sites (tertiary alicyclic amines) is 1. The Bertz CT molecular complexity index is 578. The Kier molecular flexibility index (Phi) is 8.25. The number of hydrogen-bond donors (Lipinski definition) is 2. The number of carbonyl (C=O) groups excluding carboxylic acids is 1. The lowest BCUT2D eigenvalue weighted by Gasteiger charge is -2.34. The van der Waals surface area contributed by atoms with Gasteiger partial charge >= 0.3 is 0 Å². The minimum Gasteiger partial charge on any atom is -0.492 e. The van der Waals surface area contributed by atoms with Crippen molar-refractivity contribution in [2.45, 2.75) is 33.1 Å². The Labute approximate surface area is 157 Å².